The molecule has 26 heavy (non-hydrogen) atoms. The van der Waals surface area contributed by atoms with E-state index >= 15 is 0 Å². The van der Waals surface area contributed by atoms with Gasteiger partial charge < -0.3 is 9.42 Å². The fourth-order valence-electron chi connectivity index (χ4n) is 3.14. The Balaban J connectivity index is 1.59. The van der Waals surface area contributed by atoms with Crippen LogP contribution in [0.3, 0.4) is 0 Å². The largest absolute Gasteiger partial charge is 0.337 e. The van der Waals surface area contributed by atoms with Gasteiger partial charge in [-0.2, -0.15) is 4.98 Å². The molecule has 1 aromatic heterocycles. The second-order valence-corrected chi connectivity index (χ2v) is 7.00. The first-order chi connectivity index (χ1) is 12.6. The second kappa shape index (κ2) is 7.09. The standard InChI is InChI=1S/C19H15Cl2N3O2/c20-14-8-6-12(7-9-14)17-22-18(26-23-17)16-5-2-10-24(16)19(25)13-3-1-4-15(21)11-13/h1,3-4,6-9,11,16H,2,5,10H2/t16-/m1/s1. The van der Waals surface area contributed by atoms with Crippen molar-refractivity contribution >= 4 is 29.1 Å². The highest BCUT2D eigenvalue weighted by molar-refractivity contribution is 6.31. The second-order valence-electron chi connectivity index (χ2n) is 6.13. The van der Waals surface area contributed by atoms with Crippen molar-refractivity contribution in [3.8, 4) is 11.4 Å². The van der Waals surface area contributed by atoms with Crippen LogP contribution in [0.4, 0.5) is 0 Å². The molecular weight excluding hydrogens is 373 g/mol. The van der Waals surface area contributed by atoms with Gasteiger partial charge in [0.15, 0.2) is 0 Å². The first-order valence-corrected chi connectivity index (χ1v) is 9.03. The average molecular weight is 388 g/mol. The lowest BCUT2D eigenvalue weighted by Crippen LogP contribution is -2.30. The van der Waals surface area contributed by atoms with Crippen LogP contribution in [-0.4, -0.2) is 27.5 Å². The Bertz CT molecular complexity index is 940. The number of rotatable bonds is 3. The molecule has 0 N–H and O–H groups in total. The quantitative estimate of drug-likeness (QED) is 0.632. The van der Waals surface area contributed by atoms with Crippen molar-refractivity contribution in [2.24, 2.45) is 0 Å². The maximum absolute atomic E-state index is 12.9. The Labute approximate surface area is 160 Å². The molecule has 2 aromatic carbocycles. The lowest BCUT2D eigenvalue weighted by Gasteiger charge is -2.22. The summed E-state index contributed by atoms with van der Waals surface area (Å²) in [5.74, 6) is 0.850. The summed E-state index contributed by atoms with van der Waals surface area (Å²) >= 11 is 11.9. The minimum Gasteiger partial charge on any atom is -0.337 e. The molecule has 0 unspecified atom stereocenters. The van der Waals surface area contributed by atoms with Crippen LogP contribution in [0.2, 0.25) is 10.0 Å². The summed E-state index contributed by atoms with van der Waals surface area (Å²) in [5, 5.41) is 5.23. The van der Waals surface area contributed by atoms with E-state index in [2.05, 4.69) is 10.1 Å². The molecule has 0 aliphatic carbocycles. The van der Waals surface area contributed by atoms with Crippen molar-refractivity contribution in [2.75, 3.05) is 6.54 Å². The molecule has 1 saturated heterocycles. The van der Waals surface area contributed by atoms with E-state index in [1.807, 2.05) is 12.1 Å². The molecule has 4 rings (SSSR count). The molecule has 0 saturated carbocycles. The number of benzene rings is 2. The molecule has 0 radical (unpaired) electrons. The van der Waals surface area contributed by atoms with Gasteiger partial charge in [0, 0.05) is 27.7 Å². The number of hydrogen-bond donors (Lipinski definition) is 0. The highest BCUT2D eigenvalue weighted by Crippen LogP contribution is 2.33. The van der Waals surface area contributed by atoms with Gasteiger partial charge in [-0.3, -0.25) is 4.79 Å². The first kappa shape index (κ1) is 17.1. The Morgan fingerprint density at radius 1 is 1.12 bits per heavy atom. The molecule has 1 atom stereocenters. The summed E-state index contributed by atoms with van der Waals surface area (Å²) in [6.45, 7) is 0.647. The molecule has 1 fully saturated rings. The van der Waals surface area contributed by atoms with Gasteiger partial charge in [0.05, 0.1) is 0 Å². The third-order valence-electron chi connectivity index (χ3n) is 4.41. The number of carbonyl (C=O) groups excluding carboxylic acids is 1. The minimum absolute atomic E-state index is 0.0822. The Hall–Kier alpha value is -2.37. The number of carbonyl (C=O) groups is 1. The van der Waals surface area contributed by atoms with Crippen molar-refractivity contribution in [3.05, 3.63) is 70.0 Å². The minimum atomic E-state index is -0.227. The van der Waals surface area contributed by atoms with Crippen molar-refractivity contribution in [1.82, 2.24) is 15.0 Å². The van der Waals surface area contributed by atoms with Gasteiger partial charge in [-0.15, -0.1) is 0 Å². The summed E-state index contributed by atoms with van der Waals surface area (Å²) in [6, 6.07) is 13.9. The molecule has 1 amide bonds. The molecular formula is C19H15Cl2N3O2. The van der Waals surface area contributed by atoms with E-state index < -0.39 is 0 Å². The zero-order valence-electron chi connectivity index (χ0n) is 13.7. The Morgan fingerprint density at radius 3 is 2.69 bits per heavy atom. The molecule has 1 aliphatic rings. The maximum Gasteiger partial charge on any atom is 0.254 e. The van der Waals surface area contributed by atoms with Crippen molar-refractivity contribution < 1.29 is 9.32 Å². The lowest BCUT2D eigenvalue weighted by atomic mass is 10.1. The number of halogens is 2. The maximum atomic E-state index is 12.9. The third-order valence-corrected chi connectivity index (χ3v) is 4.90. The van der Waals surface area contributed by atoms with Gasteiger partial charge in [-0.05, 0) is 55.3 Å². The van der Waals surface area contributed by atoms with Crippen LogP contribution >= 0.6 is 23.2 Å². The number of nitrogens with zero attached hydrogens (tertiary/aromatic N) is 3. The highest BCUT2D eigenvalue weighted by Gasteiger charge is 2.34. The number of aromatic nitrogens is 2. The smallest absolute Gasteiger partial charge is 0.254 e. The van der Waals surface area contributed by atoms with Crippen molar-refractivity contribution in [2.45, 2.75) is 18.9 Å². The average Bonchev–Trinajstić information content (AvgIpc) is 3.31. The summed E-state index contributed by atoms with van der Waals surface area (Å²) in [4.78, 5) is 19.1. The summed E-state index contributed by atoms with van der Waals surface area (Å²) in [7, 11) is 0. The van der Waals surface area contributed by atoms with Gasteiger partial charge in [-0.1, -0.05) is 34.4 Å². The third kappa shape index (κ3) is 3.32. The monoisotopic (exact) mass is 387 g/mol. The van der Waals surface area contributed by atoms with E-state index in [1.54, 1.807) is 41.3 Å². The summed E-state index contributed by atoms with van der Waals surface area (Å²) in [5.41, 5.74) is 1.37. The van der Waals surface area contributed by atoms with Crippen LogP contribution < -0.4 is 0 Å². The van der Waals surface area contributed by atoms with Crippen LogP contribution in [0.25, 0.3) is 11.4 Å². The first-order valence-electron chi connectivity index (χ1n) is 8.28. The predicted molar refractivity (Wildman–Crippen MR) is 99.2 cm³/mol. The SMILES string of the molecule is O=C(c1cccc(Cl)c1)N1CCC[C@@H]1c1nc(-c2ccc(Cl)cc2)no1. The van der Waals surface area contributed by atoms with Crippen LogP contribution in [0.5, 0.6) is 0 Å². The fraction of sp³-hybridized carbons (Fsp3) is 0.211. The topological polar surface area (TPSA) is 59.2 Å². The van der Waals surface area contributed by atoms with E-state index in [4.69, 9.17) is 27.7 Å². The lowest BCUT2D eigenvalue weighted by molar-refractivity contribution is 0.0710. The van der Waals surface area contributed by atoms with E-state index in [0.29, 0.717) is 33.9 Å². The van der Waals surface area contributed by atoms with Gasteiger partial charge >= 0.3 is 0 Å². The predicted octanol–water partition coefficient (Wildman–Crippen LogP) is 5.02. The zero-order valence-corrected chi connectivity index (χ0v) is 15.2. The van der Waals surface area contributed by atoms with Crippen molar-refractivity contribution in [1.29, 1.82) is 0 Å². The molecule has 0 bridgehead atoms. The highest BCUT2D eigenvalue weighted by atomic mass is 35.5. The number of amides is 1. The van der Waals surface area contributed by atoms with Gasteiger partial charge in [0.2, 0.25) is 11.7 Å². The molecule has 7 heteroatoms. The van der Waals surface area contributed by atoms with Crippen LogP contribution in [0.1, 0.15) is 35.1 Å². The zero-order chi connectivity index (χ0) is 18.1. The van der Waals surface area contributed by atoms with Gasteiger partial charge in [0.25, 0.3) is 5.91 Å². The fourth-order valence-corrected chi connectivity index (χ4v) is 3.46. The molecule has 2 heterocycles. The molecule has 3 aromatic rings. The van der Waals surface area contributed by atoms with Crippen LogP contribution in [0, 0.1) is 0 Å². The van der Waals surface area contributed by atoms with Gasteiger partial charge in [0.1, 0.15) is 6.04 Å². The number of likely N-dealkylation sites (tertiary alicyclic amines) is 1. The number of hydrogen-bond acceptors (Lipinski definition) is 4. The molecule has 1 aliphatic heterocycles. The van der Waals surface area contributed by atoms with Crippen LogP contribution in [-0.2, 0) is 0 Å². The molecule has 0 spiro atoms. The van der Waals surface area contributed by atoms with E-state index in [1.165, 1.54) is 0 Å². The van der Waals surface area contributed by atoms with Gasteiger partial charge in [-0.25, -0.2) is 0 Å². The normalized spacial score (nSPS) is 16.8. The van der Waals surface area contributed by atoms with Crippen LogP contribution in [0.15, 0.2) is 53.1 Å². The van der Waals surface area contributed by atoms with E-state index in [0.717, 1.165) is 18.4 Å². The van der Waals surface area contributed by atoms with E-state index in [9.17, 15) is 4.79 Å². The van der Waals surface area contributed by atoms with E-state index in [-0.39, 0.29) is 11.9 Å². The molecule has 132 valence electrons. The summed E-state index contributed by atoms with van der Waals surface area (Å²) in [6.07, 6.45) is 1.67. The summed E-state index contributed by atoms with van der Waals surface area (Å²) < 4.78 is 5.46. The Kier molecular flexibility index (Phi) is 4.66. The Morgan fingerprint density at radius 2 is 1.92 bits per heavy atom. The van der Waals surface area contributed by atoms with Crippen molar-refractivity contribution in [3.63, 3.8) is 0 Å². The molecule has 5 nitrogen and oxygen atoms in total.